The molecule has 1 atom stereocenters. The van der Waals surface area contributed by atoms with E-state index in [1.807, 2.05) is 43.3 Å². The molecule has 94 valence electrons. The molecule has 0 saturated heterocycles. The topological polar surface area (TPSA) is 35.2 Å². The van der Waals surface area contributed by atoms with Gasteiger partial charge in [0.2, 0.25) is 0 Å². The summed E-state index contributed by atoms with van der Waals surface area (Å²) in [6, 6.07) is 16.2. The minimum atomic E-state index is -0.0157. The molecule has 18 heavy (non-hydrogen) atoms. The predicted octanol–water partition coefficient (Wildman–Crippen LogP) is 3.59. The highest BCUT2D eigenvalue weighted by Crippen LogP contribution is 2.24. The van der Waals surface area contributed by atoms with E-state index in [0.29, 0.717) is 6.61 Å². The third kappa shape index (κ3) is 2.90. The lowest BCUT2D eigenvalue weighted by Crippen LogP contribution is -2.08. The molecule has 0 aliphatic heterocycles. The zero-order chi connectivity index (χ0) is 13.0. The van der Waals surface area contributed by atoms with Crippen LogP contribution < -0.4 is 10.5 Å². The molecule has 1 unspecified atom stereocenters. The maximum absolute atomic E-state index is 5.93. The fraction of sp³-hybridized carbons (Fsp3) is 0.250. The Bertz CT molecular complexity index is 520. The van der Waals surface area contributed by atoms with Crippen LogP contribution >= 0.6 is 0 Å². The second-order valence-electron chi connectivity index (χ2n) is 4.54. The highest BCUT2D eigenvalue weighted by atomic mass is 16.5. The molecular formula is C16H19NO. The summed E-state index contributed by atoms with van der Waals surface area (Å²) in [5.41, 5.74) is 9.43. The van der Waals surface area contributed by atoms with Crippen LogP contribution in [0.2, 0.25) is 0 Å². The van der Waals surface area contributed by atoms with Gasteiger partial charge in [0.1, 0.15) is 12.4 Å². The molecule has 2 aromatic rings. The molecule has 0 bridgehead atoms. The van der Waals surface area contributed by atoms with Crippen molar-refractivity contribution in [3.05, 3.63) is 65.2 Å². The summed E-state index contributed by atoms with van der Waals surface area (Å²) >= 11 is 0. The molecule has 0 fully saturated rings. The quantitative estimate of drug-likeness (QED) is 0.887. The zero-order valence-electron chi connectivity index (χ0n) is 10.9. The molecule has 0 saturated carbocycles. The number of nitrogens with two attached hydrogens (primary N) is 1. The van der Waals surface area contributed by atoms with E-state index in [1.54, 1.807) is 0 Å². The lowest BCUT2D eigenvalue weighted by molar-refractivity contribution is 0.301. The van der Waals surface area contributed by atoms with Crippen molar-refractivity contribution in [3.63, 3.8) is 0 Å². The minimum absolute atomic E-state index is 0.0157. The van der Waals surface area contributed by atoms with Crippen LogP contribution in [0.3, 0.4) is 0 Å². The summed E-state index contributed by atoms with van der Waals surface area (Å²) in [5, 5.41) is 0. The maximum atomic E-state index is 5.93. The van der Waals surface area contributed by atoms with E-state index in [2.05, 4.69) is 19.1 Å². The molecule has 0 spiro atoms. The van der Waals surface area contributed by atoms with E-state index in [1.165, 1.54) is 11.1 Å². The van der Waals surface area contributed by atoms with E-state index in [4.69, 9.17) is 10.5 Å². The van der Waals surface area contributed by atoms with Crippen LogP contribution in [-0.4, -0.2) is 0 Å². The van der Waals surface area contributed by atoms with Gasteiger partial charge in [-0.25, -0.2) is 0 Å². The highest BCUT2D eigenvalue weighted by molar-refractivity contribution is 5.36. The van der Waals surface area contributed by atoms with Crippen LogP contribution in [0.1, 0.15) is 29.7 Å². The van der Waals surface area contributed by atoms with E-state index >= 15 is 0 Å². The number of hydrogen-bond acceptors (Lipinski definition) is 2. The lowest BCUT2D eigenvalue weighted by atomic mass is 10.1. The normalized spacial score (nSPS) is 12.2. The van der Waals surface area contributed by atoms with Crippen molar-refractivity contribution >= 4 is 0 Å². The summed E-state index contributed by atoms with van der Waals surface area (Å²) in [6.07, 6.45) is 0. The highest BCUT2D eigenvalue weighted by Gasteiger charge is 2.07. The van der Waals surface area contributed by atoms with Gasteiger partial charge in [-0.1, -0.05) is 42.5 Å². The van der Waals surface area contributed by atoms with Gasteiger partial charge in [-0.15, -0.1) is 0 Å². The van der Waals surface area contributed by atoms with Gasteiger partial charge in [-0.05, 0) is 31.0 Å². The monoisotopic (exact) mass is 241 g/mol. The molecule has 0 heterocycles. The van der Waals surface area contributed by atoms with Crippen LogP contribution in [0.4, 0.5) is 0 Å². The first-order valence-corrected chi connectivity index (χ1v) is 6.20. The van der Waals surface area contributed by atoms with Crippen LogP contribution in [0.15, 0.2) is 48.5 Å². The molecule has 2 aromatic carbocycles. The average Bonchev–Trinajstić information content (AvgIpc) is 2.38. The summed E-state index contributed by atoms with van der Waals surface area (Å²) in [5.74, 6) is 0.871. The first-order chi connectivity index (χ1) is 8.68. The van der Waals surface area contributed by atoms with Gasteiger partial charge in [-0.2, -0.15) is 0 Å². The SMILES string of the molecule is Cc1ccccc1COc1ccccc1C(C)N. The first-order valence-electron chi connectivity index (χ1n) is 6.20. The molecule has 2 N–H and O–H groups in total. The predicted molar refractivity (Wildman–Crippen MR) is 74.6 cm³/mol. The van der Waals surface area contributed by atoms with Crippen molar-refractivity contribution in [2.45, 2.75) is 26.5 Å². The molecule has 0 radical (unpaired) electrons. The fourth-order valence-electron chi connectivity index (χ4n) is 1.92. The average molecular weight is 241 g/mol. The Kier molecular flexibility index (Phi) is 4.00. The van der Waals surface area contributed by atoms with E-state index < -0.39 is 0 Å². The van der Waals surface area contributed by atoms with Crippen LogP contribution in [0, 0.1) is 6.92 Å². The van der Waals surface area contributed by atoms with Crippen molar-refractivity contribution in [3.8, 4) is 5.75 Å². The van der Waals surface area contributed by atoms with Crippen molar-refractivity contribution in [2.75, 3.05) is 0 Å². The summed E-state index contributed by atoms with van der Waals surface area (Å²) in [6.45, 7) is 4.64. The van der Waals surface area contributed by atoms with Crippen LogP contribution in [0.25, 0.3) is 0 Å². The van der Waals surface area contributed by atoms with E-state index in [9.17, 15) is 0 Å². The second-order valence-corrected chi connectivity index (χ2v) is 4.54. The molecular weight excluding hydrogens is 222 g/mol. The Morgan fingerprint density at radius 2 is 1.72 bits per heavy atom. The number of rotatable bonds is 4. The Morgan fingerprint density at radius 3 is 2.44 bits per heavy atom. The fourth-order valence-corrected chi connectivity index (χ4v) is 1.92. The molecule has 0 aliphatic carbocycles. The van der Waals surface area contributed by atoms with E-state index in [-0.39, 0.29) is 6.04 Å². The Labute approximate surface area is 108 Å². The number of ether oxygens (including phenoxy) is 1. The smallest absolute Gasteiger partial charge is 0.124 e. The molecule has 2 nitrogen and oxygen atoms in total. The molecule has 0 aromatic heterocycles. The number of benzene rings is 2. The van der Waals surface area contributed by atoms with Gasteiger partial charge < -0.3 is 10.5 Å². The van der Waals surface area contributed by atoms with Crippen molar-refractivity contribution < 1.29 is 4.74 Å². The van der Waals surface area contributed by atoms with Crippen molar-refractivity contribution in [1.82, 2.24) is 0 Å². The van der Waals surface area contributed by atoms with Crippen LogP contribution in [-0.2, 0) is 6.61 Å². The number of hydrogen-bond donors (Lipinski definition) is 1. The Morgan fingerprint density at radius 1 is 1.06 bits per heavy atom. The summed E-state index contributed by atoms with van der Waals surface area (Å²) < 4.78 is 5.89. The minimum Gasteiger partial charge on any atom is -0.489 e. The third-order valence-electron chi connectivity index (χ3n) is 3.05. The molecule has 0 aliphatic rings. The lowest BCUT2D eigenvalue weighted by Gasteiger charge is -2.14. The van der Waals surface area contributed by atoms with Crippen LogP contribution in [0.5, 0.6) is 5.75 Å². The third-order valence-corrected chi connectivity index (χ3v) is 3.05. The Balaban J connectivity index is 2.14. The zero-order valence-corrected chi connectivity index (χ0v) is 10.9. The number of para-hydroxylation sites is 1. The van der Waals surface area contributed by atoms with Crippen molar-refractivity contribution in [2.24, 2.45) is 5.73 Å². The maximum Gasteiger partial charge on any atom is 0.124 e. The summed E-state index contributed by atoms with van der Waals surface area (Å²) in [7, 11) is 0. The van der Waals surface area contributed by atoms with Gasteiger partial charge in [0.15, 0.2) is 0 Å². The van der Waals surface area contributed by atoms with Gasteiger partial charge in [0.05, 0.1) is 0 Å². The largest absolute Gasteiger partial charge is 0.489 e. The van der Waals surface area contributed by atoms with Crippen molar-refractivity contribution in [1.29, 1.82) is 0 Å². The number of aryl methyl sites for hydroxylation is 1. The molecule has 2 rings (SSSR count). The molecule has 2 heteroatoms. The Hall–Kier alpha value is -1.80. The molecule has 0 amide bonds. The first kappa shape index (κ1) is 12.7. The van der Waals surface area contributed by atoms with Gasteiger partial charge in [0.25, 0.3) is 0 Å². The summed E-state index contributed by atoms with van der Waals surface area (Å²) in [4.78, 5) is 0. The van der Waals surface area contributed by atoms with Gasteiger partial charge in [0, 0.05) is 11.6 Å². The van der Waals surface area contributed by atoms with Gasteiger partial charge >= 0.3 is 0 Å². The van der Waals surface area contributed by atoms with E-state index in [0.717, 1.165) is 11.3 Å². The van der Waals surface area contributed by atoms with Gasteiger partial charge in [-0.3, -0.25) is 0 Å². The second kappa shape index (κ2) is 5.69. The standard InChI is InChI=1S/C16H19NO/c1-12-7-3-4-8-14(12)11-18-16-10-6-5-9-15(16)13(2)17/h3-10,13H,11,17H2,1-2H3.